The Hall–Kier alpha value is -3.38. The van der Waals surface area contributed by atoms with Crippen LogP contribution in [0.4, 0.5) is 5.82 Å². The maximum absolute atomic E-state index is 13.1. The van der Waals surface area contributed by atoms with Crippen LogP contribution in [0.25, 0.3) is 10.1 Å². The summed E-state index contributed by atoms with van der Waals surface area (Å²) in [7, 11) is -3.49. The van der Waals surface area contributed by atoms with Crippen molar-refractivity contribution in [1.82, 2.24) is 9.69 Å². The summed E-state index contributed by atoms with van der Waals surface area (Å²) in [6.07, 6.45) is 1.52. The summed E-state index contributed by atoms with van der Waals surface area (Å²) in [6, 6.07) is 13.0. The number of carbonyl (C=O) groups excluding carboxylic acids is 1. The van der Waals surface area contributed by atoms with Crippen LogP contribution in [0.1, 0.15) is 21.5 Å². The van der Waals surface area contributed by atoms with Gasteiger partial charge in [-0.25, -0.2) is 13.2 Å². The Kier molecular flexibility index (Phi) is 8.65. The van der Waals surface area contributed by atoms with Crippen LogP contribution in [-0.2, 0) is 27.5 Å². The molecule has 39 heavy (non-hydrogen) atoms. The zero-order valence-electron chi connectivity index (χ0n) is 20.4. The van der Waals surface area contributed by atoms with E-state index in [1.54, 1.807) is 30.3 Å². The minimum atomic E-state index is -3.49. The third kappa shape index (κ3) is 6.80. The van der Waals surface area contributed by atoms with E-state index in [2.05, 4.69) is 15.0 Å². The van der Waals surface area contributed by atoms with Gasteiger partial charge in [-0.15, -0.1) is 0 Å². The molecule has 0 aliphatic carbocycles. The van der Waals surface area contributed by atoms with Crippen LogP contribution in [0.15, 0.2) is 59.5 Å². The second-order valence-electron chi connectivity index (χ2n) is 8.79. The number of hydrogen-bond acceptors (Lipinski definition) is 8. The van der Waals surface area contributed by atoms with Gasteiger partial charge in [-0.1, -0.05) is 47.5 Å². The fourth-order valence-electron chi connectivity index (χ4n) is 3.95. The Balaban J connectivity index is 1.52. The lowest BCUT2D eigenvalue weighted by Crippen LogP contribution is -2.42. The molecule has 4 aromatic rings. The van der Waals surface area contributed by atoms with Gasteiger partial charge < -0.3 is 20.8 Å². The van der Waals surface area contributed by atoms with Crippen LogP contribution in [0.3, 0.4) is 0 Å². The summed E-state index contributed by atoms with van der Waals surface area (Å²) < 4.78 is 28.6. The first-order valence-corrected chi connectivity index (χ1v) is 15.0. The van der Waals surface area contributed by atoms with Crippen molar-refractivity contribution in [2.24, 2.45) is 0 Å². The van der Waals surface area contributed by atoms with E-state index >= 15 is 0 Å². The Bertz CT molecular complexity index is 1670. The molecule has 0 spiro atoms. The Morgan fingerprint density at radius 2 is 1.79 bits per heavy atom. The maximum Gasteiger partial charge on any atom is 0.326 e. The van der Waals surface area contributed by atoms with Crippen molar-refractivity contribution in [1.29, 1.82) is 0 Å². The van der Waals surface area contributed by atoms with E-state index in [0.717, 1.165) is 23.4 Å². The summed E-state index contributed by atoms with van der Waals surface area (Å²) >= 11 is 14.1. The summed E-state index contributed by atoms with van der Waals surface area (Å²) in [5.74, 6) is -1.38. The van der Waals surface area contributed by atoms with Crippen LogP contribution in [0.5, 0.6) is 5.75 Å². The van der Waals surface area contributed by atoms with Gasteiger partial charge in [-0.05, 0) is 59.4 Å². The van der Waals surface area contributed by atoms with Gasteiger partial charge in [0.15, 0.2) is 9.84 Å². The molecule has 0 radical (unpaired) electrons. The van der Waals surface area contributed by atoms with E-state index in [1.807, 2.05) is 6.07 Å². The number of aromatic nitrogens is 1. The van der Waals surface area contributed by atoms with Crippen LogP contribution in [-0.4, -0.2) is 53.7 Å². The number of aromatic hydroxyl groups is 1. The lowest BCUT2D eigenvalue weighted by molar-refractivity contribution is -0.139. The number of carboxylic acids is 1. The first kappa shape index (κ1) is 28.6. The number of carbonyl (C=O) groups is 2. The third-order valence-electron chi connectivity index (χ3n) is 5.87. The second-order valence-corrected chi connectivity index (χ2v) is 12.4. The average Bonchev–Trinajstić information content (AvgIpc) is 3.26. The van der Waals surface area contributed by atoms with Gasteiger partial charge in [0.1, 0.15) is 17.6 Å². The highest BCUT2D eigenvalue weighted by Crippen LogP contribution is 2.39. The number of fused-ring (bicyclic) bond motifs is 1. The maximum atomic E-state index is 13.1. The number of carboxylic acid groups (broad SMARTS) is 1. The number of aliphatic carboxylic acids is 1. The topological polar surface area (TPSA) is 146 Å². The summed E-state index contributed by atoms with van der Waals surface area (Å²) in [4.78, 5) is 25.1. The molecule has 0 bridgehead atoms. The molecule has 1 heterocycles. The first-order valence-electron chi connectivity index (χ1n) is 11.6. The number of rotatable bonds is 10. The van der Waals surface area contributed by atoms with Gasteiger partial charge in [0.2, 0.25) is 0 Å². The molecule has 4 N–H and O–H groups in total. The van der Waals surface area contributed by atoms with E-state index in [0.29, 0.717) is 34.4 Å². The third-order valence-corrected chi connectivity index (χ3v) is 8.65. The molecule has 204 valence electrons. The molecule has 0 unspecified atom stereocenters. The molecule has 0 saturated heterocycles. The van der Waals surface area contributed by atoms with Gasteiger partial charge in [0.05, 0.1) is 25.2 Å². The zero-order valence-corrected chi connectivity index (χ0v) is 23.6. The van der Waals surface area contributed by atoms with Gasteiger partial charge >= 0.3 is 5.97 Å². The van der Waals surface area contributed by atoms with Crippen molar-refractivity contribution in [3.63, 3.8) is 0 Å². The largest absolute Gasteiger partial charge is 0.508 e. The Labute approximate surface area is 238 Å². The molecule has 0 saturated carbocycles. The van der Waals surface area contributed by atoms with Crippen molar-refractivity contribution < 1.29 is 28.2 Å². The fraction of sp³-hybridized carbons (Fsp3) is 0.192. The molecule has 0 aliphatic rings. The van der Waals surface area contributed by atoms with E-state index in [1.165, 1.54) is 18.2 Å². The highest BCUT2D eigenvalue weighted by Gasteiger charge is 2.26. The molecule has 0 aliphatic heterocycles. The SMILES string of the molecule is CS(=O)(=O)c1cccc(C[C@H](NC(=O)c2c(Cl)cc3c(NCCc4cccc(O)c4)nsc3c2Cl)C(=O)O)c1. The number of halogens is 2. The van der Waals surface area contributed by atoms with Gasteiger partial charge in [-0.3, -0.25) is 4.79 Å². The number of sulfone groups is 1. The molecule has 1 atom stereocenters. The smallest absolute Gasteiger partial charge is 0.326 e. The van der Waals surface area contributed by atoms with Crippen LogP contribution < -0.4 is 10.6 Å². The summed E-state index contributed by atoms with van der Waals surface area (Å²) in [5, 5.41) is 25.7. The number of amides is 1. The van der Waals surface area contributed by atoms with Crippen LogP contribution >= 0.6 is 34.7 Å². The molecule has 9 nitrogen and oxygen atoms in total. The number of anilines is 1. The molecule has 1 aromatic heterocycles. The summed E-state index contributed by atoms with van der Waals surface area (Å²) in [6.45, 7) is 0.514. The number of phenols is 1. The normalized spacial score (nSPS) is 12.3. The van der Waals surface area contributed by atoms with Crippen molar-refractivity contribution in [3.8, 4) is 5.75 Å². The average molecular weight is 609 g/mol. The van der Waals surface area contributed by atoms with Crippen molar-refractivity contribution in [2.75, 3.05) is 18.1 Å². The molecule has 1 amide bonds. The van der Waals surface area contributed by atoms with Gasteiger partial charge in [-0.2, -0.15) is 4.37 Å². The monoisotopic (exact) mass is 607 g/mol. The van der Waals surface area contributed by atoms with Crippen molar-refractivity contribution in [2.45, 2.75) is 23.8 Å². The second kappa shape index (κ2) is 11.8. The summed E-state index contributed by atoms with van der Waals surface area (Å²) in [5.41, 5.74) is 1.27. The number of benzene rings is 3. The van der Waals surface area contributed by atoms with Crippen LogP contribution in [0.2, 0.25) is 10.0 Å². The lowest BCUT2D eigenvalue weighted by Gasteiger charge is -2.16. The van der Waals surface area contributed by atoms with Crippen LogP contribution in [0, 0.1) is 0 Å². The predicted octanol–water partition coefficient (Wildman–Crippen LogP) is 4.79. The Morgan fingerprint density at radius 3 is 2.49 bits per heavy atom. The molecular weight excluding hydrogens is 585 g/mol. The Morgan fingerprint density at radius 1 is 1.08 bits per heavy atom. The highest BCUT2D eigenvalue weighted by atomic mass is 35.5. The number of hydrogen-bond donors (Lipinski definition) is 4. The van der Waals surface area contributed by atoms with E-state index in [9.17, 15) is 28.2 Å². The highest BCUT2D eigenvalue weighted by molar-refractivity contribution is 7.90. The number of nitrogens with zero attached hydrogens (tertiary/aromatic N) is 1. The van der Waals surface area contributed by atoms with Gasteiger partial charge in [0, 0.05) is 24.6 Å². The van der Waals surface area contributed by atoms with Gasteiger partial charge in [0.25, 0.3) is 5.91 Å². The zero-order chi connectivity index (χ0) is 28.3. The molecule has 13 heteroatoms. The molecule has 3 aromatic carbocycles. The van der Waals surface area contributed by atoms with E-state index < -0.39 is 27.8 Å². The lowest BCUT2D eigenvalue weighted by atomic mass is 10.1. The van der Waals surface area contributed by atoms with E-state index in [4.69, 9.17) is 23.2 Å². The standard InChI is InChI=1S/C26H23Cl2N3O6S2/c1-39(36,37)17-7-3-5-15(11-17)12-20(26(34)35)30-25(33)21-19(27)13-18-23(22(21)28)38-31-24(18)29-9-8-14-4-2-6-16(32)10-14/h2-7,10-11,13,20,32H,8-9,12H2,1H3,(H,29,31)(H,30,33)(H,34,35)/t20-/m0/s1. The molecule has 4 rings (SSSR count). The minimum absolute atomic E-state index is 0.0180. The number of phenolic OH excluding ortho intramolecular Hbond substituents is 1. The van der Waals surface area contributed by atoms with Crippen molar-refractivity contribution >= 4 is 72.4 Å². The fourth-order valence-corrected chi connectivity index (χ4v) is 6.15. The first-order chi connectivity index (χ1) is 18.4. The quantitative estimate of drug-likeness (QED) is 0.201. The number of nitrogens with one attached hydrogen (secondary N) is 2. The minimum Gasteiger partial charge on any atom is -0.508 e. The van der Waals surface area contributed by atoms with E-state index in [-0.39, 0.29) is 32.7 Å². The predicted molar refractivity (Wildman–Crippen MR) is 152 cm³/mol. The molecule has 0 fully saturated rings. The molecular formula is C26H23Cl2N3O6S2. The van der Waals surface area contributed by atoms with Crippen molar-refractivity contribution in [3.05, 3.63) is 81.3 Å².